The summed E-state index contributed by atoms with van der Waals surface area (Å²) in [5, 5.41) is 6.25. The second-order valence-corrected chi connectivity index (χ2v) is 16.9. The fraction of sp³-hybridized carbons (Fsp3) is 0.489. The van der Waals surface area contributed by atoms with E-state index in [9.17, 15) is 27.6 Å². The molecule has 7 rings (SSSR count). The first-order valence-corrected chi connectivity index (χ1v) is 21.0. The van der Waals surface area contributed by atoms with Crippen molar-refractivity contribution < 1.29 is 37.0 Å². The van der Waals surface area contributed by atoms with Gasteiger partial charge in [0.25, 0.3) is 0 Å². The third-order valence-electron chi connectivity index (χ3n) is 12.2. The molecule has 326 valence electrons. The highest BCUT2D eigenvalue weighted by Crippen LogP contribution is 2.47. The molecule has 16 heteroatoms. The molecular formula is C45H55F3N8O5. The van der Waals surface area contributed by atoms with Crippen molar-refractivity contribution in [1.82, 2.24) is 20.2 Å². The summed E-state index contributed by atoms with van der Waals surface area (Å²) in [5.41, 5.74) is 7.72. The second kappa shape index (κ2) is 18.0. The lowest BCUT2D eigenvalue weighted by molar-refractivity contribution is -0.137. The molecule has 3 heterocycles. The van der Waals surface area contributed by atoms with Crippen LogP contribution in [-0.4, -0.2) is 79.7 Å². The molecule has 13 nitrogen and oxygen atoms in total. The van der Waals surface area contributed by atoms with E-state index >= 15 is 0 Å². The highest BCUT2D eigenvalue weighted by Gasteiger charge is 2.45. The van der Waals surface area contributed by atoms with E-state index in [1.165, 1.54) is 6.07 Å². The number of ether oxygens (including phenoxy) is 2. The number of nitrogen functional groups attached to an aromatic ring is 1. The molecule has 0 bridgehead atoms. The van der Waals surface area contributed by atoms with E-state index in [1.54, 1.807) is 38.0 Å². The van der Waals surface area contributed by atoms with Gasteiger partial charge < -0.3 is 30.3 Å². The van der Waals surface area contributed by atoms with Gasteiger partial charge in [0.2, 0.25) is 11.8 Å². The van der Waals surface area contributed by atoms with Crippen molar-refractivity contribution in [1.29, 1.82) is 0 Å². The summed E-state index contributed by atoms with van der Waals surface area (Å²) in [6.07, 6.45) is 3.24. The van der Waals surface area contributed by atoms with E-state index in [2.05, 4.69) is 25.5 Å². The Bertz CT molecular complexity index is 2240. The Balaban J connectivity index is 0.873. The Morgan fingerprint density at radius 3 is 2.41 bits per heavy atom. The van der Waals surface area contributed by atoms with E-state index in [1.807, 2.05) is 36.2 Å². The molecular weight excluding hydrogens is 790 g/mol. The largest absolute Gasteiger partial charge is 0.493 e. The second-order valence-electron chi connectivity index (χ2n) is 16.9. The number of carbonyl (C=O) groups excluding carboxylic acids is 3. The molecule has 4 aromatic rings. The molecule has 1 aliphatic carbocycles. The Hall–Kier alpha value is -5.80. The maximum Gasteiger partial charge on any atom is 0.416 e. The van der Waals surface area contributed by atoms with Crippen LogP contribution >= 0.6 is 0 Å². The molecule has 3 aromatic carbocycles. The Morgan fingerprint density at radius 1 is 1.02 bits per heavy atom. The maximum absolute atomic E-state index is 13.6. The third-order valence-corrected chi connectivity index (χ3v) is 12.2. The molecule has 3 aliphatic rings. The Kier molecular flexibility index (Phi) is 12.8. The molecule has 2 aliphatic heterocycles. The predicted octanol–water partition coefficient (Wildman–Crippen LogP) is 8.26. The summed E-state index contributed by atoms with van der Waals surface area (Å²) in [4.78, 5) is 51.9. The molecule has 1 aromatic heterocycles. The van der Waals surface area contributed by atoms with Crippen molar-refractivity contribution in [2.45, 2.75) is 83.9 Å². The zero-order chi connectivity index (χ0) is 43.5. The minimum absolute atomic E-state index is 0.0160. The first-order chi connectivity index (χ1) is 29.1. The van der Waals surface area contributed by atoms with Crippen molar-refractivity contribution in [2.75, 3.05) is 67.8 Å². The summed E-state index contributed by atoms with van der Waals surface area (Å²) in [7, 11) is 3.41. The number of fused-ring (bicyclic) bond motifs is 1. The van der Waals surface area contributed by atoms with Gasteiger partial charge in [0.05, 0.1) is 30.8 Å². The van der Waals surface area contributed by atoms with Crippen LogP contribution < -0.4 is 35.6 Å². The van der Waals surface area contributed by atoms with Crippen LogP contribution in [-0.2, 0) is 15.8 Å². The van der Waals surface area contributed by atoms with Crippen LogP contribution in [0.15, 0.2) is 54.6 Å². The number of hydrogen-bond acceptors (Lipinski definition) is 10. The first kappa shape index (κ1) is 43.3. The minimum atomic E-state index is -4.54. The molecule has 2 saturated heterocycles. The predicted molar refractivity (Wildman–Crippen MR) is 229 cm³/mol. The van der Waals surface area contributed by atoms with Crippen LogP contribution in [0.4, 0.5) is 40.8 Å². The zero-order valence-electron chi connectivity index (χ0n) is 35.2. The van der Waals surface area contributed by atoms with Gasteiger partial charge in [-0.1, -0.05) is 12.8 Å². The molecule has 61 heavy (non-hydrogen) atoms. The number of imide groups is 1. The highest BCUT2D eigenvalue weighted by atomic mass is 19.4. The standard InChI is InChI=1S/C45H55F3N8O5/c1-28(31-21-32(45(46,47)48)23-33(49)22-31)50-42-36-24-39(38(60-4)25-37(36)51-29(2)52-42)61-27-44(16-17-44)26-54(3)41(58)8-6-5-7-30-13-18-55(19-14-30)34-9-11-35(12-10-34)56-20-15-40(57)53-43(56)59/h9-12,21-25,28,30H,5-8,13-20,26-27,49H2,1-4H3,(H,50,51,52)(H,53,57,59)/t28-/m1/s1. The monoisotopic (exact) mass is 844 g/mol. The Morgan fingerprint density at radius 2 is 1.74 bits per heavy atom. The number of carbonyl (C=O) groups is 3. The number of halogens is 3. The van der Waals surface area contributed by atoms with Crippen LogP contribution in [0.1, 0.15) is 87.7 Å². The van der Waals surface area contributed by atoms with E-state index in [0.717, 1.165) is 81.5 Å². The van der Waals surface area contributed by atoms with E-state index in [4.69, 9.17) is 15.2 Å². The molecule has 4 N–H and O–H groups in total. The van der Waals surface area contributed by atoms with Gasteiger partial charge in [-0.3, -0.25) is 19.8 Å². The number of unbranched alkanes of at least 4 members (excludes halogenated alkanes) is 1. The molecule has 1 saturated carbocycles. The maximum atomic E-state index is 13.6. The molecule has 4 amide bonds. The van der Waals surface area contributed by atoms with Crippen molar-refractivity contribution in [3.05, 3.63) is 71.5 Å². The fourth-order valence-electron chi connectivity index (χ4n) is 8.39. The van der Waals surface area contributed by atoms with Gasteiger partial charge in [-0.25, -0.2) is 14.8 Å². The summed E-state index contributed by atoms with van der Waals surface area (Å²) in [6, 6.07) is 14.1. The first-order valence-electron chi connectivity index (χ1n) is 21.0. The fourth-order valence-corrected chi connectivity index (χ4v) is 8.39. The molecule has 0 unspecified atom stereocenters. The normalized spacial score (nSPS) is 17.2. The Labute approximate surface area is 354 Å². The van der Waals surface area contributed by atoms with Gasteiger partial charge in [0.1, 0.15) is 11.6 Å². The molecule has 3 fully saturated rings. The van der Waals surface area contributed by atoms with Crippen LogP contribution in [0, 0.1) is 18.3 Å². The number of rotatable bonds is 16. The number of anilines is 4. The van der Waals surface area contributed by atoms with Gasteiger partial charge in [-0.2, -0.15) is 13.2 Å². The number of nitrogens with zero attached hydrogens (tertiary/aromatic N) is 5. The number of methoxy groups -OCH3 is 1. The average Bonchev–Trinajstić information content (AvgIpc) is 4.00. The molecule has 1 atom stereocenters. The van der Waals surface area contributed by atoms with E-state index in [0.29, 0.717) is 78.1 Å². The van der Waals surface area contributed by atoms with Crippen molar-refractivity contribution in [2.24, 2.45) is 11.3 Å². The number of aryl methyl sites for hydroxylation is 1. The van der Waals surface area contributed by atoms with Gasteiger partial charge in [-0.05, 0) is 106 Å². The van der Waals surface area contributed by atoms with Crippen molar-refractivity contribution >= 4 is 51.6 Å². The lowest BCUT2D eigenvalue weighted by Crippen LogP contribution is -2.49. The number of piperidine rings is 1. The number of aromatic nitrogens is 2. The number of alkyl halides is 3. The number of amides is 4. The SMILES string of the molecule is COc1cc2nc(C)nc(N[C@H](C)c3cc(N)cc(C(F)(F)F)c3)c2cc1OCC1(CN(C)C(=O)CCCCC2CCN(c3ccc(N4CCC(=O)NC4=O)cc3)CC2)CC1. The lowest BCUT2D eigenvalue weighted by Gasteiger charge is -2.34. The van der Waals surface area contributed by atoms with E-state index < -0.39 is 17.8 Å². The number of benzene rings is 3. The summed E-state index contributed by atoms with van der Waals surface area (Å²) < 4.78 is 52.8. The minimum Gasteiger partial charge on any atom is -0.493 e. The number of urea groups is 1. The van der Waals surface area contributed by atoms with Crippen LogP contribution in [0.3, 0.4) is 0 Å². The topological polar surface area (TPSA) is 155 Å². The smallest absolute Gasteiger partial charge is 0.416 e. The van der Waals surface area contributed by atoms with Crippen LogP contribution in [0.5, 0.6) is 11.5 Å². The van der Waals surface area contributed by atoms with Crippen LogP contribution in [0.25, 0.3) is 10.9 Å². The number of hydrogen-bond donors (Lipinski definition) is 3. The highest BCUT2D eigenvalue weighted by molar-refractivity contribution is 6.05. The van der Waals surface area contributed by atoms with Crippen molar-refractivity contribution in [3.63, 3.8) is 0 Å². The van der Waals surface area contributed by atoms with Crippen LogP contribution in [0.2, 0.25) is 0 Å². The van der Waals surface area contributed by atoms with Crippen molar-refractivity contribution in [3.8, 4) is 11.5 Å². The lowest BCUT2D eigenvalue weighted by atomic mass is 9.91. The quantitative estimate of drug-likeness (QED) is 0.0742. The zero-order valence-corrected chi connectivity index (χ0v) is 35.2. The van der Waals surface area contributed by atoms with Gasteiger partial charge in [-0.15, -0.1) is 0 Å². The van der Waals surface area contributed by atoms with E-state index in [-0.39, 0.29) is 28.9 Å². The molecule has 0 radical (unpaired) electrons. The molecule has 0 spiro atoms. The van der Waals surface area contributed by atoms with Gasteiger partial charge >= 0.3 is 12.2 Å². The van der Waals surface area contributed by atoms with Gasteiger partial charge in [0, 0.05) is 80.0 Å². The number of nitrogens with two attached hydrogens (primary N) is 1. The summed E-state index contributed by atoms with van der Waals surface area (Å²) in [6.45, 7) is 6.75. The third kappa shape index (κ3) is 10.6. The van der Waals surface area contributed by atoms with Gasteiger partial charge in [0.15, 0.2) is 11.5 Å². The number of nitrogens with one attached hydrogen (secondary N) is 2. The summed E-state index contributed by atoms with van der Waals surface area (Å²) >= 11 is 0. The average molecular weight is 845 g/mol. The summed E-state index contributed by atoms with van der Waals surface area (Å²) in [5.74, 6) is 2.38.